The average Bonchev–Trinajstić information content (AvgIpc) is 2.34. The van der Waals surface area contributed by atoms with Crippen molar-refractivity contribution in [2.75, 3.05) is 5.75 Å². The highest BCUT2D eigenvalue weighted by atomic mass is 79.9. The zero-order chi connectivity index (χ0) is 13.5. The molecule has 100 valence electrons. The lowest BCUT2D eigenvalue weighted by molar-refractivity contribution is 0.0953. The van der Waals surface area contributed by atoms with Crippen LogP contribution in [-0.4, -0.2) is 17.7 Å². The number of halogens is 1. The topological polar surface area (TPSA) is 81.1 Å². The van der Waals surface area contributed by atoms with Gasteiger partial charge in [0, 0.05) is 21.8 Å². The van der Waals surface area contributed by atoms with Crippen molar-refractivity contribution in [3.63, 3.8) is 0 Å². The first kappa shape index (κ1) is 15.5. The van der Waals surface area contributed by atoms with Crippen LogP contribution in [-0.2, 0) is 5.75 Å². The van der Waals surface area contributed by atoms with Gasteiger partial charge in [-0.3, -0.25) is 10.2 Å². The molecule has 1 rings (SSSR count). The third-order valence-electron chi connectivity index (χ3n) is 2.42. The Labute approximate surface area is 120 Å². The van der Waals surface area contributed by atoms with E-state index in [-0.39, 0.29) is 11.9 Å². The van der Waals surface area contributed by atoms with Crippen LogP contribution in [0, 0.1) is 0 Å². The molecule has 18 heavy (non-hydrogen) atoms. The van der Waals surface area contributed by atoms with E-state index in [4.69, 9.17) is 11.6 Å². The van der Waals surface area contributed by atoms with E-state index in [1.54, 1.807) is 12.1 Å². The molecule has 0 aromatic heterocycles. The number of benzene rings is 1. The second-order valence-corrected chi connectivity index (χ2v) is 6.06. The van der Waals surface area contributed by atoms with Crippen LogP contribution in [0.4, 0.5) is 0 Å². The van der Waals surface area contributed by atoms with Gasteiger partial charge in [-0.25, -0.2) is 5.84 Å². The summed E-state index contributed by atoms with van der Waals surface area (Å²) >= 11 is 5.30. The molecule has 6 heteroatoms. The van der Waals surface area contributed by atoms with Crippen molar-refractivity contribution in [1.82, 2.24) is 5.43 Å². The molecular formula is C12H18BrN3OS. The quantitative estimate of drug-likeness (QED) is 0.322. The average molecular weight is 332 g/mol. The van der Waals surface area contributed by atoms with Crippen LogP contribution in [0.15, 0.2) is 22.7 Å². The van der Waals surface area contributed by atoms with E-state index in [1.165, 1.54) is 5.56 Å². The molecule has 0 radical (unpaired) electrons. The molecular weight excluding hydrogens is 314 g/mol. The molecule has 0 saturated heterocycles. The molecule has 0 aliphatic carbocycles. The Kier molecular flexibility index (Phi) is 6.70. The van der Waals surface area contributed by atoms with Crippen molar-refractivity contribution in [2.24, 2.45) is 11.6 Å². The van der Waals surface area contributed by atoms with Crippen molar-refractivity contribution >= 4 is 33.6 Å². The fourth-order valence-corrected chi connectivity index (χ4v) is 3.20. The maximum absolute atomic E-state index is 11.3. The lowest BCUT2D eigenvalue weighted by Gasteiger charge is -2.08. The molecule has 0 fully saturated rings. The highest BCUT2D eigenvalue weighted by Crippen LogP contribution is 2.23. The van der Waals surface area contributed by atoms with Gasteiger partial charge in [-0.15, -0.1) is 0 Å². The first-order valence-electron chi connectivity index (χ1n) is 5.67. The van der Waals surface area contributed by atoms with Gasteiger partial charge >= 0.3 is 0 Å². The van der Waals surface area contributed by atoms with Gasteiger partial charge in [0.25, 0.3) is 5.91 Å². The molecule has 5 N–H and O–H groups in total. The number of nitrogens with one attached hydrogen (secondary N) is 1. The molecule has 1 amide bonds. The van der Waals surface area contributed by atoms with E-state index < -0.39 is 0 Å². The van der Waals surface area contributed by atoms with Crippen molar-refractivity contribution in [3.05, 3.63) is 33.8 Å². The molecule has 1 aromatic carbocycles. The van der Waals surface area contributed by atoms with E-state index in [2.05, 4.69) is 21.4 Å². The highest BCUT2D eigenvalue weighted by molar-refractivity contribution is 9.10. The molecule has 0 aliphatic heterocycles. The van der Waals surface area contributed by atoms with Gasteiger partial charge < -0.3 is 5.73 Å². The zero-order valence-electron chi connectivity index (χ0n) is 10.3. The van der Waals surface area contributed by atoms with Gasteiger partial charge in [-0.1, -0.05) is 22.0 Å². The lowest BCUT2D eigenvalue weighted by atomic mass is 10.1. The number of hydrogen-bond acceptors (Lipinski definition) is 4. The summed E-state index contributed by atoms with van der Waals surface area (Å²) in [5.74, 6) is 6.74. The standard InChI is InChI=1S/C12H18BrN3OS/c1-8(14)4-5-18-7-10-3-2-9(6-11(10)13)12(17)16-15/h2-3,6,8H,4-5,7,14-15H2,1H3,(H,16,17). The number of rotatable bonds is 6. The van der Waals surface area contributed by atoms with Gasteiger partial charge in [0.05, 0.1) is 0 Å². The van der Waals surface area contributed by atoms with Crippen LogP contribution in [0.2, 0.25) is 0 Å². The Morgan fingerprint density at radius 2 is 2.28 bits per heavy atom. The molecule has 0 heterocycles. The Hall–Kier alpha value is -0.560. The first-order valence-corrected chi connectivity index (χ1v) is 7.62. The summed E-state index contributed by atoms with van der Waals surface area (Å²) in [5.41, 5.74) is 9.52. The van der Waals surface area contributed by atoms with E-state index >= 15 is 0 Å². The number of carbonyl (C=O) groups excluding carboxylic acids is 1. The maximum atomic E-state index is 11.3. The summed E-state index contributed by atoms with van der Waals surface area (Å²) in [6, 6.07) is 5.74. The van der Waals surface area contributed by atoms with Crippen molar-refractivity contribution < 1.29 is 4.79 Å². The first-order chi connectivity index (χ1) is 8.54. The number of carbonyl (C=O) groups is 1. The lowest BCUT2D eigenvalue weighted by Crippen LogP contribution is -2.29. The number of nitrogens with two attached hydrogens (primary N) is 2. The number of amides is 1. The third-order valence-corrected chi connectivity index (χ3v) is 4.20. The smallest absolute Gasteiger partial charge is 0.265 e. The van der Waals surface area contributed by atoms with Gasteiger partial charge in [-0.2, -0.15) is 11.8 Å². The van der Waals surface area contributed by atoms with Crippen LogP contribution >= 0.6 is 27.7 Å². The molecule has 0 bridgehead atoms. The number of thioether (sulfide) groups is 1. The molecule has 4 nitrogen and oxygen atoms in total. The summed E-state index contributed by atoms with van der Waals surface area (Å²) in [5, 5.41) is 0. The largest absolute Gasteiger partial charge is 0.328 e. The summed E-state index contributed by atoms with van der Waals surface area (Å²) in [4.78, 5) is 11.3. The Morgan fingerprint density at radius 1 is 1.56 bits per heavy atom. The summed E-state index contributed by atoms with van der Waals surface area (Å²) in [6.45, 7) is 2.01. The van der Waals surface area contributed by atoms with Gasteiger partial charge in [0.15, 0.2) is 0 Å². The van der Waals surface area contributed by atoms with Crippen LogP contribution in [0.5, 0.6) is 0 Å². The summed E-state index contributed by atoms with van der Waals surface area (Å²) in [7, 11) is 0. The Bertz CT molecular complexity index is 412. The normalized spacial score (nSPS) is 12.2. The molecule has 0 saturated carbocycles. The van der Waals surface area contributed by atoms with Crippen molar-refractivity contribution in [3.8, 4) is 0 Å². The predicted octanol–water partition coefficient (Wildman–Crippen LogP) is 2.02. The van der Waals surface area contributed by atoms with E-state index in [0.29, 0.717) is 5.56 Å². The van der Waals surface area contributed by atoms with Crippen molar-refractivity contribution in [1.29, 1.82) is 0 Å². The van der Waals surface area contributed by atoms with Gasteiger partial charge in [0.1, 0.15) is 0 Å². The predicted molar refractivity (Wildman–Crippen MR) is 80.2 cm³/mol. The van der Waals surface area contributed by atoms with E-state index in [0.717, 1.165) is 22.4 Å². The monoisotopic (exact) mass is 331 g/mol. The Balaban J connectivity index is 2.55. The molecule has 1 atom stereocenters. The fourth-order valence-electron chi connectivity index (χ4n) is 1.34. The van der Waals surface area contributed by atoms with E-state index in [9.17, 15) is 4.79 Å². The number of hydrogen-bond donors (Lipinski definition) is 3. The van der Waals surface area contributed by atoms with Crippen molar-refractivity contribution in [2.45, 2.75) is 25.1 Å². The van der Waals surface area contributed by atoms with Crippen LogP contribution < -0.4 is 17.0 Å². The molecule has 1 unspecified atom stereocenters. The molecule has 0 spiro atoms. The van der Waals surface area contributed by atoms with E-state index in [1.807, 2.05) is 24.8 Å². The van der Waals surface area contributed by atoms with Gasteiger partial charge in [-0.05, 0) is 36.8 Å². The summed E-state index contributed by atoms with van der Waals surface area (Å²) < 4.78 is 0.928. The maximum Gasteiger partial charge on any atom is 0.265 e. The number of hydrazine groups is 1. The number of nitrogen functional groups attached to an aromatic ring is 1. The minimum Gasteiger partial charge on any atom is -0.328 e. The third kappa shape index (κ3) is 4.97. The zero-order valence-corrected chi connectivity index (χ0v) is 12.7. The SMILES string of the molecule is CC(N)CCSCc1ccc(C(=O)NN)cc1Br. The van der Waals surface area contributed by atoms with Gasteiger partial charge in [0.2, 0.25) is 0 Å². The minimum absolute atomic E-state index is 0.247. The van der Waals surface area contributed by atoms with Crippen LogP contribution in [0.3, 0.4) is 0 Å². The Morgan fingerprint density at radius 3 is 2.83 bits per heavy atom. The summed E-state index contributed by atoms with van der Waals surface area (Å²) in [6.07, 6.45) is 1.01. The van der Waals surface area contributed by atoms with Crippen LogP contribution in [0.1, 0.15) is 29.3 Å². The second kappa shape index (κ2) is 7.78. The van der Waals surface area contributed by atoms with Crippen LogP contribution in [0.25, 0.3) is 0 Å². The minimum atomic E-state index is -0.285. The molecule has 1 aromatic rings. The fraction of sp³-hybridized carbons (Fsp3) is 0.417. The second-order valence-electron chi connectivity index (χ2n) is 4.10. The molecule has 0 aliphatic rings. The highest BCUT2D eigenvalue weighted by Gasteiger charge is 2.07.